The van der Waals surface area contributed by atoms with Gasteiger partial charge in [-0.1, -0.05) is 30.2 Å². The average molecular weight is 342 g/mol. The first-order valence-corrected chi connectivity index (χ1v) is 9.01. The molecule has 2 N–H and O–H groups in total. The van der Waals surface area contributed by atoms with Crippen molar-refractivity contribution in [2.75, 3.05) is 19.6 Å². The van der Waals surface area contributed by atoms with Crippen LogP contribution in [0.3, 0.4) is 0 Å². The van der Waals surface area contributed by atoms with E-state index in [2.05, 4.69) is 40.4 Å². The zero-order chi connectivity index (χ0) is 17.6. The molecule has 0 unspecified atom stereocenters. The van der Waals surface area contributed by atoms with Gasteiger partial charge in [0.2, 0.25) is 0 Å². The van der Waals surface area contributed by atoms with Gasteiger partial charge < -0.3 is 15.2 Å². The molecule has 0 aliphatic carbocycles. The summed E-state index contributed by atoms with van der Waals surface area (Å²) in [6.07, 6.45) is 6.91. The van der Waals surface area contributed by atoms with Gasteiger partial charge in [0.1, 0.15) is 0 Å². The number of carbonyl (C=O) groups excluding carboxylic acids is 1. The Bertz CT molecular complexity index is 640. The van der Waals surface area contributed by atoms with E-state index >= 15 is 0 Å². The van der Waals surface area contributed by atoms with Crippen LogP contribution in [0.5, 0.6) is 0 Å². The summed E-state index contributed by atoms with van der Waals surface area (Å²) in [6.45, 7) is 3.12. The molecule has 3 atom stereocenters. The molecular formula is C20H26N2O3. The van der Waals surface area contributed by atoms with Crippen molar-refractivity contribution < 1.29 is 14.6 Å². The molecule has 0 saturated carbocycles. The van der Waals surface area contributed by atoms with Crippen molar-refractivity contribution in [3.63, 3.8) is 0 Å². The van der Waals surface area contributed by atoms with Crippen molar-refractivity contribution >= 4 is 5.91 Å². The number of hydrogen-bond donors (Lipinski definition) is 2. The predicted octanol–water partition coefficient (Wildman–Crippen LogP) is 1.09. The second-order valence-corrected chi connectivity index (χ2v) is 6.83. The molecule has 1 amide bonds. The number of amides is 1. The topological polar surface area (TPSA) is 61.8 Å². The van der Waals surface area contributed by atoms with Crippen LogP contribution in [0.4, 0.5) is 0 Å². The molecule has 2 aliphatic heterocycles. The largest absolute Gasteiger partial charge is 0.390 e. The fourth-order valence-electron chi connectivity index (χ4n) is 3.63. The number of nitrogens with one attached hydrogen (secondary N) is 1. The van der Waals surface area contributed by atoms with Crippen LogP contribution < -0.4 is 5.32 Å². The minimum absolute atomic E-state index is 0.00200. The molecule has 0 bridgehead atoms. The maximum atomic E-state index is 12.1. The highest BCUT2D eigenvalue weighted by Gasteiger charge is 2.35. The average Bonchev–Trinajstić information content (AvgIpc) is 2.65. The number of hydrogen-bond acceptors (Lipinski definition) is 4. The highest BCUT2D eigenvalue weighted by Crippen LogP contribution is 2.24. The van der Waals surface area contributed by atoms with Gasteiger partial charge in [0.05, 0.1) is 18.8 Å². The molecule has 5 nitrogen and oxygen atoms in total. The van der Waals surface area contributed by atoms with Gasteiger partial charge in [-0.2, -0.15) is 0 Å². The van der Waals surface area contributed by atoms with Gasteiger partial charge in [0.25, 0.3) is 5.91 Å². The monoisotopic (exact) mass is 342 g/mol. The molecule has 0 aromatic heterocycles. The van der Waals surface area contributed by atoms with Gasteiger partial charge in [-0.15, -0.1) is 6.42 Å². The number of benzene rings is 1. The van der Waals surface area contributed by atoms with E-state index in [1.165, 1.54) is 11.1 Å². The summed E-state index contributed by atoms with van der Waals surface area (Å²) in [4.78, 5) is 14.5. The smallest absolute Gasteiger partial charge is 0.252 e. The van der Waals surface area contributed by atoms with Crippen molar-refractivity contribution in [2.24, 2.45) is 0 Å². The molecular weight excluding hydrogens is 316 g/mol. The van der Waals surface area contributed by atoms with E-state index < -0.39 is 12.2 Å². The molecule has 3 rings (SSSR count). The third kappa shape index (κ3) is 4.60. The van der Waals surface area contributed by atoms with E-state index in [1.54, 1.807) is 0 Å². The van der Waals surface area contributed by atoms with Crippen LogP contribution in [0.15, 0.2) is 24.3 Å². The molecule has 1 aromatic rings. The summed E-state index contributed by atoms with van der Waals surface area (Å²) in [6, 6.07) is 8.59. The van der Waals surface area contributed by atoms with Crippen LogP contribution in [0.1, 0.15) is 30.4 Å². The summed E-state index contributed by atoms with van der Waals surface area (Å²) in [7, 11) is 0. The van der Waals surface area contributed by atoms with E-state index in [-0.39, 0.29) is 18.6 Å². The number of fused-ring (bicyclic) bond motifs is 1. The number of ether oxygens (including phenoxy) is 1. The molecule has 1 fully saturated rings. The summed E-state index contributed by atoms with van der Waals surface area (Å²) < 4.78 is 5.86. The van der Waals surface area contributed by atoms with Crippen molar-refractivity contribution in [1.82, 2.24) is 10.2 Å². The van der Waals surface area contributed by atoms with E-state index in [0.29, 0.717) is 6.42 Å². The number of aliphatic hydroxyl groups excluding tert-OH is 1. The lowest BCUT2D eigenvalue weighted by Crippen LogP contribution is -2.49. The number of aliphatic hydroxyl groups is 1. The first kappa shape index (κ1) is 17.9. The minimum atomic E-state index is -0.811. The van der Waals surface area contributed by atoms with E-state index in [0.717, 1.165) is 38.9 Å². The van der Waals surface area contributed by atoms with Crippen molar-refractivity contribution in [2.45, 2.75) is 50.5 Å². The standard InChI is InChI=1S/C20H26N2O3/c1-2-11-21-20(24)19-18(23)8-7-17(25-19)10-13-22-12-9-15-5-3-4-6-16(15)14-22/h1,3-6,17-19,23H,7-14H2,(H,21,24)/t17-,18-,19-/m0/s1. The molecule has 2 aliphatic rings. The fraction of sp³-hybridized carbons (Fsp3) is 0.550. The minimum Gasteiger partial charge on any atom is -0.390 e. The van der Waals surface area contributed by atoms with Crippen LogP contribution in [0, 0.1) is 12.3 Å². The lowest BCUT2D eigenvalue weighted by molar-refractivity contribution is -0.158. The Morgan fingerprint density at radius 3 is 2.96 bits per heavy atom. The molecule has 1 saturated heterocycles. The molecule has 0 radical (unpaired) electrons. The number of carbonyl (C=O) groups is 1. The van der Waals surface area contributed by atoms with Gasteiger partial charge in [0, 0.05) is 19.6 Å². The first-order chi connectivity index (χ1) is 12.2. The highest BCUT2D eigenvalue weighted by atomic mass is 16.5. The number of rotatable bonds is 5. The molecule has 2 heterocycles. The van der Waals surface area contributed by atoms with Gasteiger partial charge in [0.15, 0.2) is 6.10 Å². The predicted molar refractivity (Wildman–Crippen MR) is 95.8 cm³/mol. The van der Waals surface area contributed by atoms with E-state index in [1.807, 2.05) is 0 Å². The van der Waals surface area contributed by atoms with Crippen LogP contribution in [-0.2, 0) is 22.5 Å². The highest BCUT2D eigenvalue weighted by molar-refractivity contribution is 5.81. The Morgan fingerprint density at radius 1 is 1.36 bits per heavy atom. The van der Waals surface area contributed by atoms with Crippen molar-refractivity contribution in [3.05, 3.63) is 35.4 Å². The van der Waals surface area contributed by atoms with E-state index in [9.17, 15) is 9.90 Å². The number of nitrogens with zero attached hydrogens (tertiary/aromatic N) is 1. The van der Waals surface area contributed by atoms with Crippen molar-refractivity contribution in [3.8, 4) is 12.3 Å². The molecule has 25 heavy (non-hydrogen) atoms. The summed E-state index contributed by atoms with van der Waals surface area (Å²) >= 11 is 0. The second-order valence-electron chi connectivity index (χ2n) is 6.83. The van der Waals surface area contributed by atoms with Gasteiger partial charge in [-0.3, -0.25) is 9.69 Å². The fourth-order valence-corrected chi connectivity index (χ4v) is 3.63. The Hall–Kier alpha value is -1.87. The Kier molecular flexibility index (Phi) is 6.09. The molecule has 1 aromatic carbocycles. The molecule has 5 heteroatoms. The maximum Gasteiger partial charge on any atom is 0.252 e. The maximum absolute atomic E-state index is 12.1. The molecule has 134 valence electrons. The van der Waals surface area contributed by atoms with Crippen LogP contribution in [-0.4, -0.2) is 53.9 Å². The lowest BCUT2D eigenvalue weighted by atomic mass is 9.97. The van der Waals surface area contributed by atoms with E-state index in [4.69, 9.17) is 11.2 Å². The first-order valence-electron chi connectivity index (χ1n) is 9.01. The molecule has 0 spiro atoms. The zero-order valence-electron chi connectivity index (χ0n) is 14.5. The van der Waals surface area contributed by atoms with Crippen LogP contribution in [0.25, 0.3) is 0 Å². The summed E-state index contributed by atoms with van der Waals surface area (Å²) in [5, 5.41) is 12.6. The second kappa shape index (κ2) is 8.48. The third-order valence-electron chi connectivity index (χ3n) is 5.07. The number of terminal acetylenes is 1. The Balaban J connectivity index is 1.49. The zero-order valence-corrected chi connectivity index (χ0v) is 14.5. The van der Waals surface area contributed by atoms with Crippen LogP contribution >= 0.6 is 0 Å². The van der Waals surface area contributed by atoms with Gasteiger partial charge >= 0.3 is 0 Å². The van der Waals surface area contributed by atoms with Crippen LogP contribution in [0.2, 0.25) is 0 Å². The summed E-state index contributed by atoms with van der Waals surface area (Å²) in [5.74, 6) is 2.05. The quantitative estimate of drug-likeness (QED) is 0.787. The SMILES string of the molecule is C#CCNC(=O)[C@H]1O[C@H](CCN2CCc3ccccc3C2)CC[C@@H]1O. The Morgan fingerprint density at radius 2 is 2.16 bits per heavy atom. The normalized spacial score (nSPS) is 26.5. The van der Waals surface area contributed by atoms with Crippen molar-refractivity contribution in [1.29, 1.82) is 0 Å². The Labute approximate surface area is 149 Å². The third-order valence-corrected chi connectivity index (χ3v) is 5.07. The lowest BCUT2D eigenvalue weighted by Gasteiger charge is -2.35. The van der Waals surface area contributed by atoms with Gasteiger partial charge in [-0.25, -0.2) is 0 Å². The van der Waals surface area contributed by atoms with Gasteiger partial charge in [-0.05, 0) is 36.8 Å². The summed E-state index contributed by atoms with van der Waals surface area (Å²) in [5.41, 5.74) is 2.85.